The van der Waals surface area contributed by atoms with Gasteiger partial charge in [0.2, 0.25) is 0 Å². The summed E-state index contributed by atoms with van der Waals surface area (Å²) < 4.78 is 1.93. The highest BCUT2D eigenvalue weighted by molar-refractivity contribution is 5.58. The Bertz CT molecular complexity index is 575. The second kappa shape index (κ2) is 3.55. The minimum Gasteiger partial charge on any atom is -0.394 e. The average Bonchev–Trinajstić information content (AvgIpc) is 2.66. The topological polar surface area (TPSA) is 63.5 Å². The summed E-state index contributed by atoms with van der Waals surface area (Å²) in [6, 6.07) is 4.17. The fraction of sp³-hybridized carbons (Fsp3) is 0.462. The number of rotatable bonds is 1. The van der Waals surface area contributed by atoms with E-state index >= 15 is 0 Å². The molecule has 1 unspecified atom stereocenters. The van der Waals surface area contributed by atoms with Crippen LogP contribution in [0.2, 0.25) is 0 Å². The number of aryl methyl sites for hydroxylation is 2. The van der Waals surface area contributed by atoms with E-state index in [1.54, 1.807) is 0 Å². The summed E-state index contributed by atoms with van der Waals surface area (Å²) in [6.07, 6.45) is 4.41. The number of aromatic nitrogens is 2. The Kier molecular flexibility index (Phi) is 2.24. The lowest BCUT2D eigenvalue weighted by Crippen LogP contribution is -2.48. The van der Waals surface area contributed by atoms with Gasteiger partial charge in [-0.1, -0.05) is 6.07 Å². The van der Waals surface area contributed by atoms with Crippen molar-refractivity contribution >= 4 is 5.52 Å². The Morgan fingerprint density at radius 1 is 1.53 bits per heavy atom. The van der Waals surface area contributed by atoms with Gasteiger partial charge >= 0.3 is 0 Å². The smallest absolute Gasteiger partial charge is 0.0697 e. The molecule has 2 heterocycles. The van der Waals surface area contributed by atoms with Gasteiger partial charge in [0.1, 0.15) is 0 Å². The maximum absolute atomic E-state index is 9.38. The number of aliphatic hydroxyl groups excluding tert-OH is 1. The molecule has 17 heavy (non-hydrogen) atoms. The Balaban J connectivity index is 2.15. The van der Waals surface area contributed by atoms with Crippen LogP contribution < -0.4 is 5.73 Å². The van der Waals surface area contributed by atoms with E-state index in [9.17, 15) is 5.11 Å². The fourth-order valence-corrected chi connectivity index (χ4v) is 2.59. The summed E-state index contributed by atoms with van der Waals surface area (Å²) in [5.41, 5.74) is 10.3. The standard InChI is InChI=1S/C13H17N3O/c1-9-2-3-12-10-6-13(14,8-17)5-4-11(10)15-16(12)7-9/h2-3,7,17H,4-6,8,14H2,1H3. The normalized spacial score (nSPS) is 23.9. The van der Waals surface area contributed by atoms with E-state index in [1.807, 2.05) is 10.7 Å². The van der Waals surface area contributed by atoms with Crippen molar-refractivity contribution < 1.29 is 5.11 Å². The molecule has 1 aliphatic carbocycles. The number of aliphatic hydroxyl groups is 1. The van der Waals surface area contributed by atoms with Crippen LogP contribution in [0.1, 0.15) is 23.2 Å². The Labute approximate surface area is 100 Å². The van der Waals surface area contributed by atoms with Crippen molar-refractivity contribution in [2.24, 2.45) is 5.73 Å². The third-order valence-corrected chi connectivity index (χ3v) is 3.67. The monoisotopic (exact) mass is 231 g/mol. The molecule has 0 saturated heterocycles. The van der Waals surface area contributed by atoms with Crippen molar-refractivity contribution in [1.82, 2.24) is 9.61 Å². The molecule has 90 valence electrons. The van der Waals surface area contributed by atoms with Crippen LogP contribution in [0.15, 0.2) is 18.3 Å². The van der Waals surface area contributed by atoms with Crippen LogP contribution in [-0.4, -0.2) is 26.9 Å². The van der Waals surface area contributed by atoms with Gasteiger partial charge in [-0.25, -0.2) is 4.52 Å². The van der Waals surface area contributed by atoms with Gasteiger partial charge in [-0.2, -0.15) is 5.10 Å². The molecule has 3 rings (SSSR count). The zero-order chi connectivity index (χ0) is 12.0. The van der Waals surface area contributed by atoms with Crippen LogP contribution in [0.3, 0.4) is 0 Å². The van der Waals surface area contributed by atoms with Crippen LogP contribution in [-0.2, 0) is 12.8 Å². The van der Waals surface area contributed by atoms with E-state index in [0.29, 0.717) is 6.42 Å². The summed E-state index contributed by atoms with van der Waals surface area (Å²) in [4.78, 5) is 0. The number of hydrogen-bond donors (Lipinski definition) is 2. The van der Waals surface area contributed by atoms with Crippen molar-refractivity contribution in [2.45, 2.75) is 31.7 Å². The summed E-state index contributed by atoms with van der Waals surface area (Å²) in [5.74, 6) is 0. The molecule has 0 aromatic carbocycles. The third-order valence-electron chi connectivity index (χ3n) is 3.67. The van der Waals surface area contributed by atoms with E-state index in [1.165, 1.54) is 11.1 Å². The Morgan fingerprint density at radius 3 is 3.12 bits per heavy atom. The number of pyridine rings is 1. The van der Waals surface area contributed by atoms with Gasteiger partial charge in [0.15, 0.2) is 0 Å². The van der Waals surface area contributed by atoms with Crippen LogP contribution in [0, 0.1) is 6.92 Å². The zero-order valence-electron chi connectivity index (χ0n) is 9.98. The molecule has 0 aliphatic heterocycles. The molecule has 0 radical (unpaired) electrons. The maximum atomic E-state index is 9.38. The molecular formula is C13H17N3O. The van der Waals surface area contributed by atoms with Crippen LogP contribution in [0.4, 0.5) is 0 Å². The van der Waals surface area contributed by atoms with Crippen molar-refractivity contribution in [3.8, 4) is 0 Å². The molecular weight excluding hydrogens is 214 g/mol. The number of nitrogens with zero attached hydrogens (tertiary/aromatic N) is 2. The van der Waals surface area contributed by atoms with Gasteiger partial charge in [0.25, 0.3) is 0 Å². The lowest BCUT2D eigenvalue weighted by atomic mass is 9.81. The maximum Gasteiger partial charge on any atom is 0.0697 e. The largest absolute Gasteiger partial charge is 0.394 e. The van der Waals surface area contributed by atoms with E-state index < -0.39 is 5.54 Å². The fourth-order valence-electron chi connectivity index (χ4n) is 2.59. The van der Waals surface area contributed by atoms with E-state index in [2.05, 4.69) is 24.2 Å². The second-order valence-corrected chi connectivity index (χ2v) is 5.16. The first-order valence-electron chi connectivity index (χ1n) is 5.98. The minimum atomic E-state index is -0.471. The second-order valence-electron chi connectivity index (χ2n) is 5.16. The van der Waals surface area contributed by atoms with Crippen molar-refractivity contribution in [1.29, 1.82) is 0 Å². The minimum absolute atomic E-state index is 0.0373. The molecule has 1 aliphatic rings. The molecule has 2 aromatic heterocycles. The molecule has 1 atom stereocenters. The van der Waals surface area contributed by atoms with Gasteiger partial charge in [-0.3, -0.25) is 0 Å². The van der Waals surface area contributed by atoms with Crippen LogP contribution in [0.25, 0.3) is 5.52 Å². The third kappa shape index (κ3) is 1.64. The quantitative estimate of drug-likeness (QED) is 0.763. The van der Waals surface area contributed by atoms with Crippen molar-refractivity contribution in [3.63, 3.8) is 0 Å². The van der Waals surface area contributed by atoms with E-state index in [4.69, 9.17) is 5.73 Å². The molecule has 0 spiro atoms. The number of nitrogens with two attached hydrogens (primary N) is 1. The highest BCUT2D eigenvalue weighted by atomic mass is 16.3. The first kappa shape index (κ1) is 10.7. The molecule has 0 bridgehead atoms. The van der Waals surface area contributed by atoms with E-state index in [0.717, 1.165) is 24.1 Å². The highest BCUT2D eigenvalue weighted by Crippen LogP contribution is 2.29. The molecule has 3 N–H and O–H groups in total. The Hall–Kier alpha value is -1.39. The zero-order valence-corrected chi connectivity index (χ0v) is 9.98. The lowest BCUT2D eigenvalue weighted by Gasteiger charge is -2.30. The van der Waals surface area contributed by atoms with Gasteiger partial charge in [-0.05, 0) is 37.8 Å². The molecule has 0 amide bonds. The van der Waals surface area contributed by atoms with Crippen molar-refractivity contribution in [2.75, 3.05) is 6.61 Å². The van der Waals surface area contributed by atoms with Crippen LogP contribution >= 0.6 is 0 Å². The highest BCUT2D eigenvalue weighted by Gasteiger charge is 2.32. The summed E-state index contributed by atoms with van der Waals surface area (Å²) in [7, 11) is 0. The molecule has 4 nitrogen and oxygen atoms in total. The number of fused-ring (bicyclic) bond motifs is 3. The molecule has 0 fully saturated rings. The van der Waals surface area contributed by atoms with Gasteiger partial charge in [0.05, 0.1) is 17.8 Å². The number of hydrogen-bond acceptors (Lipinski definition) is 3. The first-order chi connectivity index (χ1) is 8.11. The predicted octanol–water partition coefficient (Wildman–Crippen LogP) is 0.821. The molecule has 0 saturated carbocycles. The lowest BCUT2D eigenvalue weighted by molar-refractivity contribution is 0.181. The van der Waals surface area contributed by atoms with Gasteiger partial charge in [0, 0.05) is 17.3 Å². The van der Waals surface area contributed by atoms with E-state index in [-0.39, 0.29) is 6.61 Å². The van der Waals surface area contributed by atoms with Gasteiger partial charge in [-0.15, -0.1) is 0 Å². The average molecular weight is 231 g/mol. The van der Waals surface area contributed by atoms with Gasteiger partial charge < -0.3 is 10.8 Å². The first-order valence-corrected chi connectivity index (χ1v) is 5.98. The summed E-state index contributed by atoms with van der Waals surface area (Å²) >= 11 is 0. The molecule has 4 heteroatoms. The molecule has 2 aromatic rings. The summed E-state index contributed by atoms with van der Waals surface area (Å²) in [6.45, 7) is 2.09. The van der Waals surface area contributed by atoms with Crippen molar-refractivity contribution in [3.05, 3.63) is 35.2 Å². The predicted molar refractivity (Wildman–Crippen MR) is 66.0 cm³/mol. The summed E-state index contributed by atoms with van der Waals surface area (Å²) in [5, 5.41) is 14.0. The van der Waals surface area contributed by atoms with Crippen LogP contribution in [0.5, 0.6) is 0 Å². The SMILES string of the molecule is Cc1ccc2c3c(nn2c1)CCC(N)(CO)C3. The Morgan fingerprint density at radius 2 is 2.35 bits per heavy atom.